The van der Waals surface area contributed by atoms with E-state index in [-0.39, 0.29) is 5.97 Å². The number of ether oxygens (including phenoxy) is 1. The van der Waals surface area contributed by atoms with Crippen molar-refractivity contribution < 1.29 is 9.53 Å². The highest BCUT2D eigenvalue weighted by Crippen LogP contribution is 2.22. The molecule has 2 rings (SSSR count). The fraction of sp³-hybridized carbons (Fsp3) is 0.333. The van der Waals surface area contributed by atoms with Gasteiger partial charge in [-0.25, -0.2) is 9.78 Å². The molecular weight excluding hydrogens is 240 g/mol. The van der Waals surface area contributed by atoms with Gasteiger partial charge in [-0.15, -0.1) is 0 Å². The monoisotopic (exact) mass is 252 g/mol. The lowest BCUT2D eigenvalue weighted by atomic mass is 10.3. The Morgan fingerprint density at radius 1 is 1.53 bits per heavy atom. The standard InChI is InChI=1S/C12H13ClN2O2/c1-4-17-12(16)10-8(3)14-11-9(13)5-7(2)6-15(10)11/h5-6H,4H2,1-3H3. The van der Waals surface area contributed by atoms with Crippen LogP contribution in [0.2, 0.25) is 5.02 Å². The van der Waals surface area contributed by atoms with Crippen molar-refractivity contribution in [1.82, 2.24) is 9.38 Å². The Morgan fingerprint density at radius 3 is 2.88 bits per heavy atom. The molecule has 0 unspecified atom stereocenters. The molecule has 17 heavy (non-hydrogen) atoms. The molecule has 0 saturated heterocycles. The van der Waals surface area contributed by atoms with Gasteiger partial charge in [-0.3, -0.25) is 4.40 Å². The lowest BCUT2D eigenvalue weighted by molar-refractivity contribution is 0.0517. The summed E-state index contributed by atoms with van der Waals surface area (Å²) in [5.74, 6) is -0.376. The summed E-state index contributed by atoms with van der Waals surface area (Å²) in [5.41, 5.74) is 2.60. The van der Waals surface area contributed by atoms with E-state index in [1.807, 2.05) is 19.2 Å². The number of carbonyl (C=O) groups is 1. The lowest BCUT2D eigenvalue weighted by Gasteiger charge is -2.04. The van der Waals surface area contributed by atoms with Gasteiger partial charge in [0.05, 0.1) is 17.3 Å². The highest BCUT2D eigenvalue weighted by atomic mass is 35.5. The molecule has 0 N–H and O–H groups in total. The van der Waals surface area contributed by atoms with Gasteiger partial charge in [0.1, 0.15) is 0 Å². The molecule has 0 amide bonds. The molecule has 0 atom stereocenters. The average molecular weight is 253 g/mol. The van der Waals surface area contributed by atoms with E-state index in [1.165, 1.54) is 0 Å². The molecule has 0 aliphatic heterocycles. The lowest BCUT2D eigenvalue weighted by Crippen LogP contribution is -2.09. The first kappa shape index (κ1) is 11.9. The van der Waals surface area contributed by atoms with Crippen LogP contribution in [0.25, 0.3) is 5.65 Å². The maximum Gasteiger partial charge on any atom is 0.357 e. The first-order chi connectivity index (χ1) is 8.04. The summed E-state index contributed by atoms with van der Waals surface area (Å²) in [7, 11) is 0. The van der Waals surface area contributed by atoms with E-state index < -0.39 is 0 Å². The van der Waals surface area contributed by atoms with E-state index in [4.69, 9.17) is 16.3 Å². The number of aryl methyl sites for hydroxylation is 2. The maximum absolute atomic E-state index is 11.8. The van der Waals surface area contributed by atoms with Crippen LogP contribution in [0.4, 0.5) is 0 Å². The Labute approximate surface area is 104 Å². The van der Waals surface area contributed by atoms with E-state index >= 15 is 0 Å². The molecule has 0 aliphatic rings. The number of carbonyl (C=O) groups excluding carboxylic acids is 1. The molecule has 0 aromatic carbocycles. The Kier molecular flexibility index (Phi) is 3.07. The number of esters is 1. The summed E-state index contributed by atoms with van der Waals surface area (Å²) in [6.45, 7) is 5.79. The van der Waals surface area contributed by atoms with Gasteiger partial charge in [0.2, 0.25) is 0 Å². The van der Waals surface area contributed by atoms with Crippen LogP contribution in [0.5, 0.6) is 0 Å². The molecule has 0 bridgehead atoms. The van der Waals surface area contributed by atoms with Crippen LogP contribution in [0, 0.1) is 13.8 Å². The summed E-state index contributed by atoms with van der Waals surface area (Å²) < 4.78 is 6.70. The van der Waals surface area contributed by atoms with Crippen molar-refractivity contribution in [3.63, 3.8) is 0 Å². The average Bonchev–Trinajstić information content (AvgIpc) is 2.55. The SMILES string of the molecule is CCOC(=O)c1c(C)nc2c(Cl)cc(C)cn12. The number of aromatic nitrogens is 2. The van der Waals surface area contributed by atoms with Gasteiger partial charge >= 0.3 is 5.97 Å². The molecule has 4 nitrogen and oxygen atoms in total. The summed E-state index contributed by atoms with van der Waals surface area (Å²) >= 11 is 6.09. The quantitative estimate of drug-likeness (QED) is 0.772. The van der Waals surface area contributed by atoms with Crippen molar-refractivity contribution in [2.45, 2.75) is 20.8 Å². The zero-order chi connectivity index (χ0) is 12.6. The summed E-state index contributed by atoms with van der Waals surface area (Å²) in [5, 5.41) is 0.531. The first-order valence-corrected chi connectivity index (χ1v) is 5.74. The van der Waals surface area contributed by atoms with Gasteiger partial charge in [0.15, 0.2) is 11.3 Å². The number of rotatable bonds is 2. The second-order valence-electron chi connectivity index (χ2n) is 3.83. The first-order valence-electron chi connectivity index (χ1n) is 5.36. The number of imidazole rings is 1. The number of halogens is 1. The number of hydrogen-bond donors (Lipinski definition) is 0. The van der Waals surface area contributed by atoms with Crippen molar-refractivity contribution in [2.75, 3.05) is 6.61 Å². The largest absolute Gasteiger partial charge is 0.461 e. The van der Waals surface area contributed by atoms with E-state index in [2.05, 4.69) is 4.98 Å². The fourth-order valence-electron chi connectivity index (χ4n) is 1.79. The predicted octanol–water partition coefficient (Wildman–Crippen LogP) is 2.78. The van der Waals surface area contributed by atoms with E-state index in [1.54, 1.807) is 18.2 Å². The van der Waals surface area contributed by atoms with Crippen LogP contribution in [0.15, 0.2) is 12.3 Å². The van der Waals surface area contributed by atoms with Gasteiger partial charge < -0.3 is 4.74 Å². The Morgan fingerprint density at radius 2 is 2.24 bits per heavy atom. The van der Waals surface area contributed by atoms with E-state index in [0.29, 0.717) is 28.7 Å². The minimum Gasteiger partial charge on any atom is -0.461 e. The molecule has 2 heterocycles. The van der Waals surface area contributed by atoms with Crippen LogP contribution in [-0.4, -0.2) is 22.0 Å². The smallest absolute Gasteiger partial charge is 0.357 e. The van der Waals surface area contributed by atoms with Crippen molar-refractivity contribution in [2.24, 2.45) is 0 Å². The zero-order valence-corrected chi connectivity index (χ0v) is 10.7. The number of pyridine rings is 1. The predicted molar refractivity (Wildman–Crippen MR) is 65.6 cm³/mol. The van der Waals surface area contributed by atoms with E-state index in [9.17, 15) is 4.79 Å². The third kappa shape index (κ3) is 2.00. The third-order valence-electron chi connectivity index (χ3n) is 2.45. The number of hydrogen-bond acceptors (Lipinski definition) is 3. The zero-order valence-electron chi connectivity index (χ0n) is 9.95. The molecule has 5 heteroatoms. The highest BCUT2D eigenvalue weighted by molar-refractivity contribution is 6.33. The second kappa shape index (κ2) is 4.37. The molecule has 0 fully saturated rings. The molecule has 0 spiro atoms. The maximum atomic E-state index is 11.8. The minimum absolute atomic E-state index is 0.338. The molecule has 2 aromatic heterocycles. The van der Waals surface area contributed by atoms with Gasteiger partial charge in [0, 0.05) is 6.20 Å². The van der Waals surface area contributed by atoms with Crippen molar-refractivity contribution in [3.8, 4) is 0 Å². The number of nitrogens with zero attached hydrogens (tertiary/aromatic N) is 2. The molecular formula is C12H13ClN2O2. The van der Waals surface area contributed by atoms with Crippen molar-refractivity contribution >= 4 is 23.2 Å². The van der Waals surface area contributed by atoms with Crippen LogP contribution in [-0.2, 0) is 4.74 Å². The van der Waals surface area contributed by atoms with Crippen LogP contribution < -0.4 is 0 Å². The van der Waals surface area contributed by atoms with Crippen molar-refractivity contribution in [1.29, 1.82) is 0 Å². The Bertz CT molecular complexity index is 590. The topological polar surface area (TPSA) is 43.6 Å². The molecule has 0 saturated carbocycles. The van der Waals surface area contributed by atoms with Crippen LogP contribution in [0.3, 0.4) is 0 Å². The summed E-state index contributed by atoms with van der Waals surface area (Å²) in [6.07, 6.45) is 1.83. The Hall–Kier alpha value is -1.55. The van der Waals surface area contributed by atoms with Crippen LogP contribution >= 0.6 is 11.6 Å². The number of fused-ring (bicyclic) bond motifs is 1. The normalized spacial score (nSPS) is 10.8. The Balaban J connectivity index is 2.70. The van der Waals surface area contributed by atoms with Gasteiger partial charge in [-0.2, -0.15) is 0 Å². The summed E-state index contributed by atoms with van der Waals surface area (Å²) in [6, 6.07) is 1.82. The molecule has 0 radical (unpaired) electrons. The van der Waals surface area contributed by atoms with Crippen molar-refractivity contribution in [3.05, 3.63) is 34.2 Å². The molecule has 0 aliphatic carbocycles. The summed E-state index contributed by atoms with van der Waals surface area (Å²) in [4.78, 5) is 16.1. The second-order valence-corrected chi connectivity index (χ2v) is 4.23. The molecule has 2 aromatic rings. The van der Waals surface area contributed by atoms with Gasteiger partial charge in [-0.1, -0.05) is 11.6 Å². The van der Waals surface area contributed by atoms with Crippen LogP contribution in [0.1, 0.15) is 28.7 Å². The van der Waals surface area contributed by atoms with Gasteiger partial charge in [-0.05, 0) is 32.4 Å². The minimum atomic E-state index is -0.376. The fourth-order valence-corrected chi connectivity index (χ4v) is 2.10. The molecule has 90 valence electrons. The van der Waals surface area contributed by atoms with E-state index in [0.717, 1.165) is 5.56 Å². The van der Waals surface area contributed by atoms with Gasteiger partial charge in [0.25, 0.3) is 0 Å². The highest BCUT2D eigenvalue weighted by Gasteiger charge is 2.19. The third-order valence-corrected chi connectivity index (χ3v) is 2.73.